The first-order chi connectivity index (χ1) is 6.84. The molecule has 0 saturated heterocycles. The van der Waals surface area contributed by atoms with E-state index in [0.717, 1.165) is 12.8 Å². The van der Waals surface area contributed by atoms with E-state index in [0.29, 0.717) is 0 Å². The molecule has 5 heteroatoms. The maximum Gasteiger partial charge on any atom is 0.305 e. The summed E-state index contributed by atoms with van der Waals surface area (Å²) < 4.78 is 0. The zero-order valence-corrected chi connectivity index (χ0v) is 9.12. The molecule has 0 aromatic rings. The Hall–Kier alpha value is -1.10. The van der Waals surface area contributed by atoms with Crippen LogP contribution < -0.4 is 11.1 Å². The highest BCUT2D eigenvalue weighted by molar-refractivity contribution is 5.87. The molecular formula is C10H18N2O3. The van der Waals surface area contributed by atoms with E-state index in [1.807, 2.05) is 0 Å². The summed E-state index contributed by atoms with van der Waals surface area (Å²) >= 11 is 0. The second kappa shape index (κ2) is 4.18. The van der Waals surface area contributed by atoms with Crippen LogP contribution in [-0.4, -0.2) is 28.6 Å². The number of amides is 1. The van der Waals surface area contributed by atoms with Gasteiger partial charge in [0.05, 0.1) is 12.0 Å². The second-order valence-electron chi connectivity index (χ2n) is 4.53. The van der Waals surface area contributed by atoms with Gasteiger partial charge in [-0.2, -0.15) is 0 Å². The van der Waals surface area contributed by atoms with E-state index in [4.69, 9.17) is 10.8 Å². The fourth-order valence-corrected chi connectivity index (χ4v) is 1.56. The maximum atomic E-state index is 11.7. The lowest BCUT2D eigenvalue weighted by atomic mass is 9.96. The number of hydrogen-bond donors (Lipinski definition) is 3. The molecular weight excluding hydrogens is 196 g/mol. The summed E-state index contributed by atoms with van der Waals surface area (Å²) in [5, 5.41) is 11.2. The van der Waals surface area contributed by atoms with Gasteiger partial charge in [0.2, 0.25) is 5.91 Å². The summed E-state index contributed by atoms with van der Waals surface area (Å²) in [7, 11) is 0. The van der Waals surface area contributed by atoms with Crippen LogP contribution in [0.1, 0.15) is 33.1 Å². The smallest absolute Gasteiger partial charge is 0.305 e. The number of aliphatic carboxylic acids is 1. The molecule has 86 valence electrons. The largest absolute Gasteiger partial charge is 0.481 e. The van der Waals surface area contributed by atoms with Gasteiger partial charge in [-0.1, -0.05) is 0 Å². The standard InChI is InChI=1S/C10H18N2O3/c1-6(5-8(13)14)12-9(15)10(2,11)7-3-4-7/h6-7H,3-5,11H2,1-2H3,(H,12,15)(H,13,14). The lowest BCUT2D eigenvalue weighted by Gasteiger charge is -2.25. The molecule has 0 heterocycles. The molecule has 0 aromatic carbocycles. The number of rotatable bonds is 5. The van der Waals surface area contributed by atoms with Crippen molar-refractivity contribution in [1.82, 2.24) is 5.32 Å². The SMILES string of the molecule is CC(CC(=O)O)NC(=O)C(C)(N)C1CC1. The summed E-state index contributed by atoms with van der Waals surface area (Å²) in [6.07, 6.45) is 1.88. The Kier molecular flexibility index (Phi) is 3.34. The van der Waals surface area contributed by atoms with E-state index in [1.54, 1.807) is 13.8 Å². The van der Waals surface area contributed by atoms with Crippen molar-refractivity contribution in [2.24, 2.45) is 11.7 Å². The molecule has 15 heavy (non-hydrogen) atoms. The molecule has 1 aliphatic rings. The van der Waals surface area contributed by atoms with Gasteiger partial charge >= 0.3 is 5.97 Å². The Bertz CT molecular complexity index is 272. The Morgan fingerprint density at radius 2 is 2.13 bits per heavy atom. The van der Waals surface area contributed by atoms with Crippen LogP contribution in [0.2, 0.25) is 0 Å². The van der Waals surface area contributed by atoms with Crippen LogP contribution in [-0.2, 0) is 9.59 Å². The first-order valence-corrected chi connectivity index (χ1v) is 5.15. The topological polar surface area (TPSA) is 92.4 Å². The number of nitrogens with two attached hydrogens (primary N) is 1. The fourth-order valence-electron chi connectivity index (χ4n) is 1.56. The van der Waals surface area contributed by atoms with Gasteiger partial charge in [0, 0.05) is 6.04 Å². The zero-order valence-electron chi connectivity index (χ0n) is 9.12. The summed E-state index contributed by atoms with van der Waals surface area (Å²) in [4.78, 5) is 22.1. The summed E-state index contributed by atoms with van der Waals surface area (Å²) in [5.74, 6) is -0.929. The Balaban J connectivity index is 2.43. The van der Waals surface area contributed by atoms with Gasteiger partial charge in [-0.15, -0.1) is 0 Å². The average molecular weight is 214 g/mol. The molecule has 2 atom stereocenters. The minimum absolute atomic E-state index is 0.0769. The van der Waals surface area contributed by atoms with Gasteiger partial charge in [-0.25, -0.2) is 0 Å². The van der Waals surface area contributed by atoms with Crippen LogP contribution >= 0.6 is 0 Å². The second-order valence-corrected chi connectivity index (χ2v) is 4.53. The van der Waals surface area contributed by atoms with E-state index in [9.17, 15) is 9.59 Å². The number of nitrogens with one attached hydrogen (secondary N) is 1. The van der Waals surface area contributed by atoms with Gasteiger partial charge in [0.1, 0.15) is 0 Å². The van der Waals surface area contributed by atoms with Crippen LogP contribution in [0.3, 0.4) is 0 Å². The van der Waals surface area contributed by atoms with E-state index < -0.39 is 11.5 Å². The van der Waals surface area contributed by atoms with Gasteiger partial charge in [-0.3, -0.25) is 9.59 Å². The molecule has 1 aliphatic carbocycles. The van der Waals surface area contributed by atoms with Crippen molar-refractivity contribution < 1.29 is 14.7 Å². The molecule has 5 nitrogen and oxygen atoms in total. The molecule has 1 fully saturated rings. The number of carboxylic acid groups (broad SMARTS) is 1. The van der Waals surface area contributed by atoms with Crippen LogP contribution in [0.15, 0.2) is 0 Å². The molecule has 4 N–H and O–H groups in total. The Morgan fingerprint density at radius 1 is 1.60 bits per heavy atom. The normalized spacial score (nSPS) is 21.5. The number of carbonyl (C=O) groups excluding carboxylic acids is 1. The summed E-state index contributed by atoms with van der Waals surface area (Å²) in [5.41, 5.74) is 5.03. The van der Waals surface area contributed by atoms with Crippen LogP contribution in [0.5, 0.6) is 0 Å². The van der Waals surface area contributed by atoms with Crippen molar-refractivity contribution in [3.8, 4) is 0 Å². The summed E-state index contributed by atoms with van der Waals surface area (Å²) in [6, 6.07) is -0.378. The van der Waals surface area contributed by atoms with Crippen molar-refractivity contribution in [3.05, 3.63) is 0 Å². The number of carboxylic acids is 1. The minimum Gasteiger partial charge on any atom is -0.481 e. The molecule has 0 spiro atoms. The third-order valence-corrected chi connectivity index (χ3v) is 2.77. The third kappa shape index (κ3) is 3.20. The van der Waals surface area contributed by atoms with E-state index in [1.165, 1.54) is 0 Å². The van der Waals surface area contributed by atoms with Gasteiger partial charge in [0.25, 0.3) is 0 Å². The zero-order chi connectivity index (χ0) is 11.6. The average Bonchev–Trinajstić information content (AvgIpc) is 2.83. The predicted octanol–water partition coefficient (Wildman–Crippen LogP) is 0.0932. The Labute approximate surface area is 89.0 Å². The monoisotopic (exact) mass is 214 g/mol. The van der Waals surface area contributed by atoms with Crippen molar-refractivity contribution in [2.45, 2.75) is 44.7 Å². The lowest BCUT2D eigenvalue weighted by Crippen LogP contribution is -2.55. The highest BCUT2D eigenvalue weighted by Gasteiger charge is 2.44. The molecule has 0 aliphatic heterocycles. The van der Waals surface area contributed by atoms with Crippen LogP contribution in [0, 0.1) is 5.92 Å². The van der Waals surface area contributed by atoms with Crippen LogP contribution in [0.25, 0.3) is 0 Å². The van der Waals surface area contributed by atoms with Crippen molar-refractivity contribution in [1.29, 1.82) is 0 Å². The number of hydrogen-bond acceptors (Lipinski definition) is 3. The quantitative estimate of drug-likeness (QED) is 0.605. The van der Waals surface area contributed by atoms with Gasteiger partial charge in [0.15, 0.2) is 0 Å². The van der Waals surface area contributed by atoms with E-state index >= 15 is 0 Å². The fraction of sp³-hybridized carbons (Fsp3) is 0.800. The Morgan fingerprint density at radius 3 is 2.53 bits per heavy atom. The van der Waals surface area contributed by atoms with Crippen molar-refractivity contribution >= 4 is 11.9 Å². The first kappa shape index (κ1) is 12.0. The molecule has 0 radical (unpaired) electrons. The molecule has 0 bridgehead atoms. The first-order valence-electron chi connectivity index (χ1n) is 5.15. The molecule has 2 unspecified atom stereocenters. The number of carbonyl (C=O) groups is 2. The predicted molar refractivity (Wildman–Crippen MR) is 55.2 cm³/mol. The van der Waals surface area contributed by atoms with Crippen molar-refractivity contribution in [2.75, 3.05) is 0 Å². The van der Waals surface area contributed by atoms with Gasteiger partial charge in [-0.05, 0) is 32.6 Å². The van der Waals surface area contributed by atoms with Gasteiger partial charge < -0.3 is 16.2 Å². The highest BCUT2D eigenvalue weighted by Crippen LogP contribution is 2.38. The third-order valence-electron chi connectivity index (χ3n) is 2.77. The lowest BCUT2D eigenvalue weighted by molar-refractivity contribution is -0.137. The van der Waals surface area contributed by atoms with Crippen molar-refractivity contribution in [3.63, 3.8) is 0 Å². The molecule has 1 saturated carbocycles. The highest BCUT2D eigenvalue weighted by atomic mass is 16.4. The molecule has 1 rings (SSSR count). The van der Waals surface area contributed by atoms with E-state index in [2.05, 4.69) is 5.32 Å². The maximum absolute atomic E-state index is 11.7. The molecule has 0 aromatic heterocycles. The molecule has 1 amide bonds. The van der Waals surface area contributed by atoms with Crippen LogP contribution in [0.4, 0.5) is 0 Å². The summed E-state index contributed by atoms with van der Waals surface area (Å²) in [6.45, 7) is 3.36. The van der Waals surface area contributed by atoms with E-state index in [-0.39, 0.29) is 24.3 Å². The minimum atomic E-state index is -0.923.